The van der Waals surface area contributed by atoms with Crippen molar-refractivity contribution in [3.63, 3.8) is 0 Å². The number of rotatable bonds is 5. The van der Waals surface area contributed by atoms with E-state index in [-0.39, 0.29) is 16.2 Å². The molecule has 10 heteroatoms. The Balaban J connectivity index is 1.60. The second-order valence-electron chi connectivity index (χ2n) is 8.36. The number of sulfonamides is 1. The molecule has 2 aromatic carbocycles. The van der Waals surface area contributed by atoms with Crippen LogP contribution in [0.25, 0.3) is 11.3 Å². The molecule has 0 bridgehead atoms. The molecule has 1 aromatic heterocycles. The topological polar surface area (TPSA) is 66.7 Å². The average Bonchev–Trinajstić information content (AvgIpc) is 3.32. The molecule has 3 aromatic rings. The van der Waals surface area contributed by atoms with Crippen LogP contribution in [0.1, 0.15) is 29.4 Å². The second kappa shape index (κ2) is 9.07. The first kappa shape index (κ1) is 24.3. The lowest BCUT2D eigenvalue weighted by Crippen LogP contribution is -2.49. The summed E-state index contributed by atoms with van der Waals surface area (Å²) in [5, 5.41) is 3.49. The Morgan fingerprint density at radius 1 is 1.03 bits per heavy atom. The van der Waals surface area contributed by atoms with Crippen molar-refractivity contribution in [3.8, 4) is 11.3 Å². The summed E-state index contributed by atoms with van der Waals surface area (Å²) in [6, 6.07) is 11.4. The number of piperazine rings is 1. The summed E-state index contributed by atoms with van der Waals surface area (Å²) in [5.74, 6) is -1.23. The van der Waals surface area contributed by atoms with Crippen LogP contribution in [0.2, 0.25) is 0 Å². The van der Waals surface area contributed by atoms with Gasteiger partial charge in [-0.3, -0.25) is 0 Å². The highest BCUT2D eigenvalue weighted by molar-refractivity contribution is 7.89. The van der Waals surface area contributed by atoms with E-state index in [0.717, 1.165) is 11.8 Å². The summed E-state index contributed by atoms with van der Waals surface area (Å²) < 4.78 is 71.7. The van der Waals surface area contributed by atoms with Gasteiger partial charge in [-0.2, -0.15) is 17.5 Å². The highest BCUT2D eigenvalue weighted by Gasteiger charge is 2.36. The first-order valence-corrected chi connectivity index (χ1v) is 12.4. The van der Waals surface area contributed by atoms with Crippen LogP contribution in [-0.4, -0.2) is 44.1 Å². The van der Waals surface area contributed by atoms with E-state index >= 15 is 0 Å². The Bertz CT molecular complexity index is 1290. The Kier molecular flexibility index (Phi) is 6.48. The van der Waals surface area contributed by atoms with Crippen LogP contribution in [0.3, 0.4) is 0 Å². The van der Waals surface area contributed by atoms with Gasteiger partial charge in [0, 0.05) is 43.5 Å². The number of anilines is 1. The molecule has 1 saturated heterocycles. The van der Waals surface area contributed by atoms with Gasteiger partial charge in [0.05, 0.1) is 4.90 Å². The van der Waals surface area contributed by atoms with Gasteiger partial charge >= 0.3 is 6.18 Å². The van der Waals surface area contributed by atoms with Gasteiger partial charge in [0.15, 0.2) is 0 Å². The molecule has 0 radical (unpaired) electrons. The Labute approximate surface area is 197 Å². The summed E-state index contributed by atoms with van der Waals surface area (Å²) in [4.78, 5) is 2.27. The average molecular weight is 494 g/mol. The van der Waals surface area contributed by atoms with E-state index in [0.29, 0.717) is 38.2 Å². The van der Waals surface area contributed by atoms with E-state index in [1.54, 1.807) is 12.1 Å². The van der Waals surface area contributed by atoms with Crippen LogP contribution >= 0.6 is 0 Å². The summed E-state index contributed by atoms with van der Waals surface area (Å²) in [7, 11) is -3.85. The molecule has 182 valence electrons. The lowest BCUT2D eigenvalue weighted by Gasteiger charge is -2.36. The number of halogens is 3. The van der Waals surface area contributed by atoms with E-state index in [1.165, 1.54) is 21.5 Å². The Morgan fingerprint density at radius 2 is 1.74 bits per heavy atom. The molecule has 1 aliphatic heterocycles. The van der Waals surface area contributed by atoms with Crippen LogP contribution in [0.15, 0.2) is 51.9 Å². The van der Waals surface area contributed by atoms with E-state index in [2.05, 4.69) is 21.5 Å². The van der Waals surface area contributed by atoms with Crippen molar-refractivity contribution in [2.75, 3.05) is 31.1 Å². The molecule has 2 heterocycles. The fourth-order valence-electron chi connectivity index (χ4n) is 4.18. The third kappa shape index (κ3) is 4.56. The Hall–Kier alpha value is -2.85. The highest BCUT2D eigenvalue weighted by atomic mass is 32.2. The number of benzene rings is 2. The van der Waals surface area contributed by atoms with Crippen LogP contribution in [0.5, 0.6) is 0 Å². The summed E-state index contributed by atoms with van der Waals surface area (Å²) >= 11 is 0. The number of aromatic nitrogens is 1. The van der Waals surface area contributed by atoms with Crippen molar-refractivity contribution in [3.05, 3.63) is 64.9 Å². The fourth-order valence-corrected chi connectivity index (χ4v) is 5.92. The van der Waals surface area contributed by atoms with Crippen molar-refractivity contribution in [2.45, 2.75) is 38.3 Å². The molecule has 1 aliphatic rings. The third-order valence-corrected chi connectivity index (χ3v) is 8.29. The first-order valence-electron chi connectivity index (χ1n) is 11.0. The molecule has 0 N–H and O–H groups in total. The van der Waals surface area contributed by atoms with Gasteiger partial charge in [-0.25, -0.2) is 8.42 Å². The molecule has 4 rings (SSSR count). The quantitative estimate of drug-likeness (QED) is 0.498. The summed E-state index contributed by atoms with van der Waals surface area (Å²) in [6.07, 6.45) is -4.21. The monoisotopic (exact) mass is 493 g/mol. The van der Waals surface area contributed by atoms with Crippen LogP contribution in [0, 0.1) is 13.8 Å². The molecule has 0 saturated carbocycles. The lowest BCUT2D eigenvalue weighted by atomic mass is 10.1. The van der Waals surface area contributed by atoms with Gasteiger partial charge in [0.1, 0.15) is 5.69 Å². The van der Waals surface area contributed by atoms with Gasteiger partial charge in [0.25, 0.3) is 0 Å². The minimum atomic E-state index is -4.67. The van der Waals surface area contributed by atoms with Gasteiger partial charge in [-0.1, -0.05) is 36.3 Å². The number of alkyl halides is 3. The molecule has 0 atom stereocenters. The maximum absolute atomic E-state index is 13.6. The van der Waals surface area contributed by atoms with Crippen molar-refractivity contribution in [2.24, 2.45) is 0 Å². The minimum absolute atomic E-state index is 0.0637. The van der Waals surface area contributed by atoms with Gasteiger partial charge in [-0.15, -0.1) is 0 Å². The Morgan fingerprint density at radius 3 is 2.35 bits per heavy atom. The number of hydrogen-bond acceptors (Lipinski definition) is 5. The summed E-state index contributed by atoms with van der Waals surface area (Å²) in [5.41, 5.74) is 4.24. The van der Waals surface area contributed by atoms with Gasteiger partial charge in [0.2, 0.25) is 15.8 Å². The predicted octanol–water partition coefficient (Wildman–Crippen LogP) is 5.05. The zero-order chi connectivity index (χ0) is 24.7. The van der Waals surface area contributed by atoms with Gasteiger partial charge in [-0.05, 0) is 49.1 Å². The lowest BCUT2D eigenvalue weighted by molar-refractivity contribution is -0.155. The minimum Gasteiger partial charge on any atom is -0.369 e. The number of aryl methyl sites for hydroxylation is 2. The molecule has 6 nitrogen and oxygen atoms in total. The van der Waals surface area contributed by atoms with Crippen molar-refractivity contribution < 1.29 is 26.1 Å². The molecular weight excluding hydrogens is 467 g/mol. The first-order chi connectivity index (χ1) is 16.0. The molecule has 1 fully saturated rings. The molecule has 0 spiro atoms. The molecule has 0 amide bonds. The number of nitrogens with zero attached hydrogens (tertiary/aromatic N) is 3. The molecular formula is C24H26F3N3O3S. The largest absolute Gasteiger partial charge is 0.452 e. The van der Waals surface area contributed by atoms with Crippen LogP contribution in [-0.2, 0) is 22.6 Å². The zero-order valence-corrected chi connectivity index (χ0v) is 20.0. The zero-order valence-electron chi connectivity index (χ0n) is 19.2. The van der Waals surface area contributed by atoms with Crippen LogP contribution in [0.4, 0.5) is 18.9 Å². The standard InChI is InChI=1S/C24H26F3N3O3S/c1-4-18-8-9-19(20-15-23(33-28-20)24(25,26)27)14-22(18)34(31,32)30-12-10-29(11-13-30)21-7-5-6-16(2)17(21)3/h5-9,14-15H,4,10-13H2,1-3H3. The second-order valence-corrected chi connectivity index (χ2v) is 10.3. The maximum atomic E-state index is 13.6. The molecule has 0 aliphatic carbocycles. The molecule has 0 unspecified atom stereocenters. The number of hydrogen-bond donors (Lipinski definition) is 0. The van der Waals surface area contributed by atoms with E-state index < -0.39 is 22.0 Å². The van der Waals surface area contributed by atoms with E-state index in [4.69, 9.17) is 0 Å². The SMILES string of the molecule is CCc1ccc(-c2cc(C(F)(F)F)on2)cc1S(=O)(=O)N1CCN(c2cccc(C)c2C)CC1. The van der Waals surface area contributed by atoms with Crippen LogP contribution < -0.4 is 4.90 Å². The molecule has 34 heavy (non-hydrogen) atoms. The summed E-state index contributed by atoms with van der Waals surface area (Å²) in [6.45, 7) is 7.65. The van der Waals surface area contributed by atoms with E-state index in [1.807, 2.05) is 32.0 Å². The third-order valence-electron chi connectivity index (χ3n) is 6.31. The van der Waals surface area contributed by atoms with Crippen molar-refractivity contribution >= 4 is 15.7 Å². The fraction of sp³-hybridized carbons (Fsp3) is 0.375. The maximum Gasteiger partial charge on any atom is 0.452 e. The van der Waals surface area contributed by atoms with E-state index in [9.17, 15) is 21.6 Å². The normalized spacial score (nSPS) is 15.6. The smallest absolute Gasteiger partial charge is 0.369 e. The van der Waals surface area contributed by atoms with Crippen molar-refractivity contribution in [1.29, 1.82) is 0 Å². The predicted molar refractivity (Wildman–Crippen MR) is 123 cm³/mol. The highest BCUT2D eigenvalue weighted by Crippen LogP contribution is 2.34. The van der Waals surface area contributed by atoms with Gasteiger partial charge < -0.3 is 9.42 Å². The van der Waals surface area contributed by atoms with Crippen molar-refractivity contribution in [1.82, 2.24) is 9.46 Å².